The minimum Gasteiger partial charge on any atom is -0.389 e. The molecule has 1 saturated carbocycles. The summed E-state index contributed by atoms with van der Waals surface area (Å²) in [5.74, 6) is 0.577. The van der Waals surface area contributed by atoms with E-state index in [1.807, 2.05) is 0 Å². The van der Waals surface area contributed by atoms with Crippen molar-refractivity contribution in [2.75, 3.05) is 13.1 Å². The van der Waals surface area contributed by atoms with Gasteiger partial charge in [0.15, 0.2) is 0 Å². The Bertz CT molecular complexity index is 197. The summed E-state index contributed by atoms with van der Waals surface area (Å²) in [5.41, 5.74) is -0.933. The van der Waals surface area contributed by atoms with E-state index in [9.17, 15) is 18.3 Å². The molecule has 0 aliphatic heterocycles. The normalized spacial score (nSPS) is 33.0. The molecular formula is C10H18F3NO. The first kappa shape index (κ1) is 12.8. The highest BCUT2D eigenvalue weighted by Crippen LogP contribution is 2.31. The van der Waals surface area contributed by atoms with Gasteiger partial charge in [-0.15, -0.1) is 0 Å². The van der Waals surface area contributed by atoms with Crippen LogP contribution in [0.15, 0.2) is 0 Å². The smallest absolute Gasteiger partial charge is 0.389 e. The average Bonchev–Trinajstić information content (AvgIpc) is 2.09. The fraction of sp³-hybridized carbons (Fsp3) is 1.00. The maximum atomic E-state index is 11.9. The van der Waals surface area contributed by atoms with Crippen molar-refractivity contribution >= 4 is 0 Å². The molecule has 0 amide bonds. The minimum absolute atomic E-state index is 0.0409. The number of hydrogen-bond acceptors (Lipinski definition) is 2. The van der Waals surface area contributed by atoms with Crippen LogP contribution in [0, 0.1) is 5.92 Å². The average molecular weight is 225 g/mol. The Morgan fingerprint density at radius 3 is 2.33 bits per heavy atom. The van der Waals surface area contributed by atoms with Crippen molar-refractivity contribution in [3.8, 4) is 0 Å². The van der Waals surface area contributed by atoms with Gasteiger partial charge in [-0.2, -0.15) is 13.2 Å². The van der Waals surface area contributed by atoms with Gasteiger partial charge in [-0.05, 0) is 31.6 Å². The van der Waals surface area contributed by atoms with Gasteiger partial charge in [0.25, 0.3) is 0 Å². The lowest BCUT2D eigenvalue weighted by molar-refractivity contribution is -0.127. The van der Waals surface area contributed by atoms with Gasteiger partial charge in [-0.25, -0.2) is 0 Å². The zero-order valence-corrected chi connectivity index (χ0v) is 8.90. The third-order valence-corrected chi connectivity index (χ3v) is 2.98. The highest BCUT2D eigenvalue weighted by molar-refractivity contribution is 4.86. The fourth-order valence-corrected chi connectivity index (χ4v) is 1.91. The van der Waals surface area contributed by atoms with Gasteiger partial charge in [0, 0.05) is 6.54 Å². The summed E-state index contributed by atoms with van der Waals surface area (Å²) in [4.78, 5) is 0. The van der Waals surface area contributed by atoms with Crippen molar-refractivity contribution in [3.63, 3.8) is 0 Å². The highest BCUT2D eigenvalue weighted by Gasteiger charge is 2.33. The lowest BCUT2D eigenvalue weighted by atomic mass is 9.79. The summed E-state index contributed by atoms with van der Waals surface area (Å²) >= 11 is 0. The molecule has 2 nitrogen and oxygen atoms in total. The lowest BCUT2D eigenvalue weighted by Crippen LogP contribution is -2.45. The van der Waals surface area contributed by atoms with Crippen molar-refractivity contribution in [1.82, 2.24) is 5.32 Å². The maximum absolute atomic E-state index is 11.9. The van der Waals surface area contributed by atoms with E-state index >= 15 is 0 Å². The Morgan fingerprint density at radius 1 is 1.33 bits per heavy atom. The van der Waals surface area contributed by atoms with Crippen molar-refractivity contribution in [2.45, 2.75) is 44.4 Å². The summed E-state index contributed by atoms with van der Waals surface area (Å²) in [7, 11) is 0. The van der Waals surface area contributed by atoms with Crippen LogP contribution in [0.5, 0.6) is 0 Å². The summed E-state index contributed by atoms with van der Waals surface area (Å²) in [6.07, 6.45) is -1.22. The lowest BCUT2D eigenvalue weighted by Gasteiger charge is -2.35. The van der Waals surface area contributed by atoms with Crippen molar-refractivity contribution in [3.05, 3.63) is 0 Å². The van der Waals surface area contributed by atoms with Crippen molar-refractivity contribution in [1.29, 1.82) is 0 Å². The molecule has 0 aromatic carbocycles. The van der Waals surface area contributed by atoms with Crippen molar-refractivity contribution < 1.29 is 18.3 Å². The van der Waals surface area contributed by atoms with Crippen LogP contribution in [0.2, 0.25) is 0 Å². The van der Waals surface area contributed by atoms with Crippen LogP contribution in [0.1, 0.15) is 32.6 Å². The Labute approximate surface area is 87.9 Å². The zero-order chi connectivity index (χ0) is 11.5. The predicted octanol–water partition coefficient (Wildman–Crippen LogP) is 2.08. The fourth-order valence-electron chi connectivity index (χ4n) is 1.91. The van der Waals surface area contributed by atoms with Crippen molar-refractivity contribution in [2.24, 2.45) is 5.92 Å². The summed E-state index contributed by atoms with van der Waals surface area (Å²) < 4.78 is 35.6. The third kappa shape index (κ3) is 4.84. The monoisotopic (exact) mass is 225 g/mol. The first-order chi connectivity index (χ1) is 6.81. The Kier molecular flexibility index (Phi) is 4.00. The van der Waals surface area contributed by atoms with Gasteiger partial charge in [-0.1, -0.05) is 6.92 Å². The van der Waals surface area contributed by atoms with Crippen LogP contribution in [0.4, 0.5) is 13.2 Å². The third-order valence-electron chi connectivity index (χ3n) is 2.98. The largest absolute Gasteiger partial charge is 0.401 e. The van der Waals surface area contributed by atoms with Crippen LogP contribution < -0.4 is 5.32 Å². The Morgan fingerprint density at radius 2 is 1.87 bits per heavy atom. The van der Waals surface area contributed by atoms with Gasteiger partial charge < -0.3 is 10.4 Å². The molecule has 1 aliphatic carbocycles. The molecule has 0 unspecified atom stereocenters. The second kappa shape index (κ2) is 4.70. The molecule has 0 atom stereocenters. The first-order valence-electron chi connectivity index (χ1n) is 5.31. The van der Waals surface area contributed by atoms with E-state index < -0.39 is 18.3 Å². The second-order valence-corrected chi connectivity index (χ2v) is 4.63. The summed E-state index contributed by atoms with van der Waals surface area (Å²) in [5, 5.41) is 12.2. The van der Waals surface area contributed by atoms with Crippen LogP contribution in [0.3, 0.4) is 0 Å². The molecule has 15 heavy (non-hydrogen) atoms. The van der Waals surface area contributed by atoms with E-state index in [0.29, 0.717) is 18.8 Å². The molecular weight excluding hydrogens is 207 g/mol. The van der Waals surface area contributed by atoms with Crippen LogP contribution in [-0.2, 0) is 0 Å². The molecule has 1 rings (SSSR count). The Balaban J connectivity index is 2.25. The number of rotatable bonds is 3. The topological polar surface area (TPSA) is 32.3 Å². The highest BCUT2D eigenvalue weighted by atomic mass is 19.4. The molecule has 0 radical (unpaired) electrons. The number of halogens is 3. The molecule has 0 spiro atoms. The number of alkyl halides is 3. The first-order valence-corrected chi connectivity index (χ1v) is 5.31. The van der Waals surface area contributed by atoms with E-state index in [2.05, 4.69) is 12.2 Å². The van der Waals surface area contributed by atoms with E-state index in [-0.39, 0.29) is 6.54 Å². The van der Waals surface area contributed by atoms with E-state index in [1.165, 1.54) is 0 Å². The summed E-state index contributed by atoms with van der Waals surface area (Å²) in [6.45, 7) is 1.12. The van der Waals surface area contributed by atoms with Gasteiger partial charge in [0.2, 0.25) is 0 Å². The molecule has 0 bridgehead atoms. The molecule has 1 fully saturated rings. The number of aliphatic hydroxyl groups is 1. The standard InChI is InChI=1S/C10H18F3NO/c1-8-2-4-9(15,5-3-8)6-14-7-10(11,12)13/h8,14-15H,2-7H2,1H3. The molecule has 5 heteroatoms. The zero-order valence-electron chi connectivity index (χ0n) is 8.90. The molecule has 2 N–H and O–H groups in total. The van der Waals surface area contributed by atoms with Gasteiger partial charge in [0.1, 0.15) is 0 Å². The van der Waals surface area contributed by atoms with Gasteiger partial charge >= 0.3 is 6.18 Å². The van der Waals surface area contributed by atoms with Crippen LogP contribution in [-0.4, -0.2) is 30.0 Å². The predicted molar refractivity (Wildman–Crippen MR) is 51.5 cm³/mol. The van der Waals surface area contributed by atoms with E-state index in [4.69, 9.17) is 0 Å². The quantitative estimate of drug-likeness (QED) is 0.770. The SMILES string of the molecule is CC1CCC(O)(CNCC(F)(F)F)CC1. The van der Waals surface area contributed by atoms with E-state index in [1.54, 1.807) is 0 Å². The van der Waals surface area contributed by atoms with Gasteiger partial charge in [0.05, 0.1) is 12.1 Å². The van der Waals surface area contributed by atoms with E-state index in [0.717, 1.165) is 12.8 Å². The van der Waals surface area contributed by atoms with Crippen LogP contribution >= 0.6 is 0 Å². The second-order valence-electron chi connectivity index (χ2n) is 4.63. The maximum Gasteiger partial charge on any atom is 0.401 e. The number of hydrogen-bond donors (Lipinski definition) is 2. The Hall–Kier alpha value is -0.290. The summed E-state index contributed by atoms with van der Waals surface area (Å²) in [6, 6.07) is 0. The van der Waals surface area contributed by atoms with Crippen LogP contribution in [0.25, 0.3) is 0 Å². The molecule has 1 aliphatic rings. The molecule has 0 saturated heterocycles. The molecule has 0 aromatic heterocycles. The minimum atomic E-state index is -4.20. The molecule has 90 valence electrons. The van der Waals surface area contributed by atoms with Gasteiger partial charge in [-0.3, -0.25) is 0 Å². The number of nitrogens with one attached hydrogen (secondary N) is 1. The molecule has 0 heterocycles. The molecule has 0 aromatic rings.